The summed E-state index contributed by atoms with van der Waals surface area (Å²) in [5.41, 5.74) is 5.33. The molecular weight excluding hydrogens is 160 g/mol. The van der Waals surface area contributed by atoms with Gasteiger partial charge in [0.25, 0.3) is 0 Å². The normalized spacial score (nSPS) is 43.0. The highest BCUT2D eigenvalue weighted by Gasteiger charge is 2.36. The second kappa shape index (κ2) is 4.15. The molecule has 0 unspecified atom stereocenters. The third-order valence-electron chi connectivity index (χ3n) is 2.24. The summed E-state index contributed by atoms with van der Waals surface area (Å²) in [4.78, 5) is 0. The molecule has 5 heteroatoms. The predicted molar refractivity (Wildman–Crippen MR) is 43.7 cm³/mol. The fourth-order valence-corrected chi connectivity index (χ4v) is 1.34. The summed E-state index contributed by atoms with van der Waals surface area (Å²) in [5, 5.41) is 21.8. The van der Waals surface area contributed by atoms with Crippen LogP contribution in [-0.4, -0.2) is 54.8 Å². The maximum absolute atomic E-state index is 9.49. The van der Waals surface area contributed by atoms with Gasteiger partial charge in [-0.25, -0.2) is 0 Å². The van der Waals surface area contributed by atoms with Crippen molar-refractivity contribution >= 4 is 0 Å². The van der Waals surface area contributed by atoms with E-state index in [1.165, 1.54) is 0 Å². The minimum absolute atomic E-state index is 0.206. The van der Waals surface area contributed by atoms with E-state index in [0.717, 1.165) is 0 Å². The number of nitrogens with one attached hydrogen (secondary N) is 1. The Balaban J connectivity index is 2.52. The van der Waals surface area contributed by atoms with Crippen molar-refractivity contribution in [3.05, 3.63) is 0 Å². The van der Waals surface area contributed by atoms with Gasteiger partial charge in [-0.05, 0) is 7.05 Å². The molecule has 0 radical (unpaired) electrons. The van der Waals surface area contributed by atoms with Gasteiger partial charge in [-0.2, -0.15) is 0 Å². The Morgan fingerprint density at radius 3 is 2.67 bits per heavy atom. The summed E-state index contributed by atoms with van der Waals surface area (Å²) < 4.78 is 5.22. The molecule has 1 rings (SSSR count). The van der Waals surface area contributed by atoms with E-state index >= 15 is 0 Å². The smallest absolute Gasteiger partial charge is 0.109 e. The Morgan fingerprint density at radius 1 is 1.50 bits per heavy atom. The number of rotatable bonds is 2. The van der Waals surface area contributed by atoms with Crippen LogP contribution >= 0.6 is 0 Å². The van der Waals surface area contributed by atoms with Gasteiger partial charge in [-0.3, -0.25) is 0 Å². The molecule has 1 aliphatic rings. The number of likely N-dealkylation sites (N-methyl/N-ethyl adjacent to an activating group) is 1. The van der Waals surface area contributed by atoms with E-state index in [-0.39, 0.29) is 12.6 Å². The third kappa shape index (κ3) is 1.75. The molecule has 1 saturated heterocycles. The molecule has 1 fully saturated rings. The maximum atomic E-state index is 9.49. The first-order chi connectivity index (χ1) is 5.70. The van der Waals surface area contributed by atoms with Gasteiger partial charge in [0.15, 0.2) is 0 Å². The van der Waals surface area contributed by atoms with Gasteiger partial charge in [-0.15, -0.1) is 0 Å². The number of aliphatic hydroxyl groups is 2. The number of ether oxygens (including phenoxy) is 1. The fourth-order valence-electron chi connectivity index (χ4n) is 1.34. The lowest BCUT2D eigenvalue weighted by Gasteiger charge is -2.36. The van der Waals surface area contributed by atoms with Crippen LogP contribution in [0.1, 0.15) is 0 Å². The molecule has 5 nitrogen and oxygen atoms in total. The van der Waals surface area contributed by atoms with Crippen LogP contribution in [0, 0.1) is 0 Å². The van der Waals surface area contributed by atoms with Crippen molar-refractivity contribution in [2.45, 2.75) is 24.4 Å². The summed E-state index contributed by atoms with van der Waals surface area (Å²) in [6.45, 7) is 0.616. The Morgan fingerprint density at radius 2 is 2.17 bits per heavy atom. The molecule has 4 atom stereocenters. The van der Waals surface area contributed by atoms with Gasteiger partial charge >= 0.3 is 0 Å². The van der Waals surface area contributed by atoms with Gasteiger partial charge in [0.1, 0.15) is 6.10 Å². The number of aliphatic hydroxyl groups excluding tert-OH is 2. The van der Waals surface area contributed by atoms with Gasteiger partial charge < -0.3 is 26.0 Å². The van der Waals surface area contributed by atoms with E-state index in [9.17, 15) is 10.2 Å². The Hall–Kier alpha value is -0.200. The molecule has 0 aromatic heterocycles. The van der Waals surface area contributed by atoms with E-state index in [2.05, 4.69) is 5.32 Å². The van der Waals surface area contributed by atoms with Gasteiger partial charge in [0, 0.05) is 6.54 Å². The lowest BCUT2D eigenvalue weighted by atomic mass is 9.98. The second-order valence-corrected chi connectivity index (χ2v) is 2.98. The number of hydrogen-bond acceptors (Lipinski definition) is 5. The molecule has 0 aliphatic carbocycles. The standard InChI is InChI=1S/C7H16N2O3/c1-9-4-3-12-5(2-8)7(11)6(4)10/h4-7,9-11H,2-3,8H2,1H3/t4-,5-,6+,7+/m0/s1. The lowest BCUT2D eigenvalue weighted by molar-refractivity contribution is -0.145. The highest BCUT2D eigenvalue weighted by molar-refractivity contribution is 4.90. The first-order valence-corrected chi connectivity index (χ1v) is 4.05. The van der Waals surface area contributed by atoms with Crippen LogP contribution in [-0.2, 0) is 4.74 Å². The third-order valence-corrected chi connectivity index (χ3v) is 2.24. The molecule has 1 heterocycles. The Labute approximate surface area is 71.5 Å². The van der Waals surface area contributed by atoms with Crippen molar-refractivity contribution in [1.82, 2.24) is 5.32 Å². The molecule has 0 aromatic carbocycles. The largest absolute Gasteiger partial charge is 0.389 e. The SMILES string of the molecule is CN[C@H]1CO[C@@H](CN)[C@@H](O)[C@@H]1O. The molecule has 0 saturated carbocycles. The maximum Gasteiger partial charge on any atom is 0.109 e. The summed E-state index contributed by atoms with van der Waals surface area (Å²) in [5.74, 6) is 0. The molecule has 5 N–H and O–H groups in total. The van der Waals surface area contributed by atoms with Crippen LogP contribution in [0.25, 0.3) is 0 Å². The summed E-state index contributed by atoms with van der Waals surface area (Å²) in [6, 6.07) is -0.206. The van der Waals surface area contributed by atoms with E-state index in [1.54, 1.807) is 7.05 Å². The van der Waals surface area contributed by atoms with Crippen LogP contribution in [0.5, 0.6) is 0 Å². The molecule has 0 bridgehead atoms. The van der Waals surface area contributed by atoms with Crippen molar-refractivity contribution in [2.75, 3.05) is 20.2 Å². The van der Waals surface area contributed by atoms with Crippen LogP contribution in [0.4, 0.5) is 0 Å². The average molecular weight is 176 g/mol. The molecule has 0 aromatic rings. The highest BCUT2D eigenvalue weighted by Crippen LogP contribution is 2.14. The van der Waals surface area contributed by atoms with Crippen LogP contribution in [0.2, 0.25) is 0 Å². The minimum Gasteiger partial charge on any atom is -0.389 e. The monoisotopic (exact) mass is 176 g/mol. The summed E-state index contributed by atoms with van der Waals surface area (Å²) >= 11 is 0. The highest BCUT2D eigenvalue weighted by atomic mass is 16.5. The van der Waals surface area contributed by atoms with Gasteiger partial charge in [0.2, 0.25) is 0 Å². The lowest BCUT2D eigenvalue weighted by Crippen LogP contribution is -2.59. The fraction of sp³-hybridized carbons (Fsp3) is 1.00. The van der Waals surface area contributed by atoms with Crippen molar-refractivity contribution in [3.8, 4) is 0 Å². The van der Waals surface area contributed by atoms with Crippen molar-refractivity contribution in [2.24, 2.45) is 5.73 Å². The molecule has 12 heavy (non-hydrogen) atoms. The van der Waals surface area contributed by atoms with Crippen LogP contribution in [0.15, 0.2) is 0 Å². The summed E-state index contributed by atoms with van der Waals surface area (Å²) in [6.07, 6.45) is -2.12. The molecule has 0 amide bonds. The Bertz CT molecular complexity index is 129. The van der Waals surface area contributed by atoms with Gasteiger partial charge in [0.05, 0.1) is 24.9 Å². The van der Waals surface area contributed by atoms with Crippen molar-refractivity contribution in [1.29, 1.82) is 0 Å². The number of nitrogens with two attached hydrogens (primary N) is 1. The second-order valence-electron chi connectivity index (χ2n) is 2.98. The summed E-state index contributed by atoms with van der Waals surface area (Å²) in [7, 11) is 1.72. The molecule has 72 valence electrons. The van der Waals surface area contributed by atoms with Crippen LogP contribution < -0.4 is 11.1 Å². The topological polar surface area (TPSA) is 87.7 Å². The quantitative estimate of drug-likeness (QED) is 0.378. The van der Waals surface area contributed by atoms with E-state index in [1.807, 2.05) is 0 Å². The van der Waals surface area contributed by atoms with Crippen LogP contribution in [0.3, 0.4) is 0 Å². The zero-order chi connectivity index (χ0) is 9.14. The zero-order valence-corrected chi connectivity index (χ0v) is 7.10. The molecule has 1 aliphatic heterocycles. The van der Waals surface area contributed by atoms with E-state index in [4.69, 9.17) is 10.5 Å². The first kappa shape index (κ1) is 9.88. The minimum atomic E-state index is -0.888. The van der Waals surface area contributed by atoms with Crippen molar-refractivity contribution < 1.29 is 14.9 Å². The zero-order valence-electron chi connectivity index (χ0n) is 7.10. The van der Waals surface area contributed by atoms with E-state index < -0.39 is 18.3 Å². The van der Waals surface area contributed by atoms with Crippen molar-refractivity contribution in [3.63, 3.8) is 0 Å². The van der Waals surface area contributed by atoms with E-state index in [0.29, 0.717) is 6.61 Å². The molecule has 0 spiro atoms. The average Bonchev–Trinajstić information content (AvgIpc) is 2.10. The number of hydrogen-bond donors (Lipinski definition) is 4. The predicted octanol–water partition coefficient (Wildman–Crippen LogP) is -2.35. The molecular formula is C7H16N2O3. The Kier molecular flexibility index (Phi) is 3.42. The van der Waals surface area contributed by atoms with Gasteiger partial charge in [-0.1, -0.05) is 0 Å². The first-order valence-electron chi connectivity index (χ1n) is 4.05.